The van der Waals surface area contributed by atoms with Gasteiger partial charge in [-0.3, -0.25) is 9.78 Å². The summed E-state index contributed by atoms with van der Waals surface area (Å²) in [6, 6.07) is 0. The highest BCUT2D eigenvalue weighted by molar-refractivity contribution is 5.80. The highest BCUT2D eigenvalue weighted by Crippen LogP contribution is 2.26. The third-order valence-corrected chi connectivity index (χ3v) is 3.53. The molecule has 3 rings (SSSR count). The number of nitrogens with zero attached hydrogens (tertiary/aromatic N) is 3. The smallest absolute Gasteiger partial charge is 0.453 e. The molecule has 1 fully saturated rings. The normalized spacial score (nSPS) is 28.3. The molecule has 0 spiro atoms. The molecule has 22 heavy (non-hydrogen) atoms. The molecule has 0 radical (unpaired) electrons. The van der Waals surface area contributed by atoms with Crippen molar-refractivity contribution in [1.29, 1.82) is 0 Å². The summed E-state index contributed by atoms with van der Waals surface area (Å²) >= 11 is 0. The number of aromatic nitrogens is 4. The van der Waals surface area contributed by atoms with E-state index in [4.69, 9.17) is 14.9 Å². The van der Waals surface area contributed by atoms with Crippen LogP contribution in [0.3, 0.4) is 0 Å². The van der Waals surface area contributed by atoms with Gasteiger partial charge in [0.15, 0.2) is 6.33 Å². The summed E-state index contributed by atoms with van der Waals surface area (Å²) in [4.78, 5) is 29.2. The molecule has 0 aromatic carbocycles. The van der Waals surface area contributed by atoms with Crippen LogP contribution < -0.4 is 10.1 Å². The number of rotatable bonds is 2. The van der Waals surface area contributed by atoms with E-state index < -0.39 is 42.8 Å². The maximum atomic E-state index is 11.8. The van der Waals surface area contributed by atoms with Crippen molar-refractivity contribution in [3.8, 4) is 0 Å². The number of carboxylic acid groups (broad SMARTS) is 1. The molecule has 118 valence electrons. The van der Waals surface area contributed by atoms with E-state index in [2.05, 4.69) is 9.97 Å². The zero-order valence-electron chi connectivity index (χ0n) is 11.0. The Kier molecular flexibility index (Phi) is 3.41. The number of carbonyl (C=O) groups is 1. The number of imidazole rings is 1. The number of aromatic amines is 1. The minimum Gasteiger partial charge on any atom is -0.453 e. The second kappa shape index (κ2) is 5.14. The number of hydrogen-bond acceptors (Lipinski definition) is 7. The highest BCUT2D eigenvalue weighted by atomic mass is 16.6. The first kappa shape index (κ1) is 14.6. The van der Waals surface area contributed by atoms with Crippen LogP contribution in [0.4, 0.5) is 4.79 Å². The third kappa shape index (κ3) is 1.99. The molecular weight excluding hydrogens is 300 g/mol. The van der Waals surface area contributed by atoms with E-state index in [0.29, 0.717) is 4.57 Å². The van der Waals surface area contributed by atoms with Crippen molar-refractivity contribution >= 4 is 17.3 Å². The van der Waals surface area contributed by atoms with Crippen LogP contribution in [0.25, 0.3) is 11.2 Å². The highest BCUT2D eigenvalue weighted by Gasteiger charge is 2.47. The maximum absolute atomic E-state index is 11.8. The van der Waals surface area contributed by atoms with E-state index in [1.807, 2.05) is 0 Å². The molecule has 0 aliphatic carbocycles. The zero-order chi connectivity index (χ0) is 16.0. The van der Waals surface area contributed by atoms with Gasteiger partial charge in [-0.15, -0.1) is 0 Å². The topological polar surface area (TPSA) is 162 Å². The summed E-state index contributed by atoms with van der Waals surface area (Å²) in [5.41, 5.74) is -0.966. The standard InChI is InChI=1S/C11H12N4O7/c16-1-4-6(17)7(18)10(22-4)15-3-14(11(20)21)5-8(15)12-2-13-9(5)19/h2-4,6-7,10,16-18H,1H2,(H-,12,13,19,20,21)/p+1/t4-,6-,7-,10-/m1/s1. The van der Waals surface area contributed by atoms with Crippen molar-refractivity contribution in [3.05, 3.63) is 23.0 Å². The molecule has 5 N–H and O–H groups in total. The Morgan fingerprint density at radius 2 is 2.18 bits per heavy atom. The minimum atomic E-state index is -1.42. The number of nitrogens with one attached hydrogen (secondary N) is 1. The van der Waals surface area contributed by atoms with Crippen molar-refractivity contribution in [2.24, 2.45) is 0 Å². The van der Waals surface area contributed by atoms with Gasteiger partial charge in [0.1, 0.15) is 18.3 Å². The third-order valence-electron chi connectivity index (χ3n) is 3.53. The Hall–Kier alpha value is -2.34. The van der Waals surface area contributed by atoms with Crippen LogP contribution in [0.5, 0.6) is 0 Å². The SMILES string of the molecule is O=C(O)n1c[n+]([C@@H]2O[C@H](CO)[C@@H](O)[C@H]2O)c2nc[nH]c(=O)c21. The van der Waals surface area contributed by atoms with Crippen LogP contribution in [0, 0.1) is 0 Å². The molecule has 0 amide bonds. The molecule has 2 aromatic heterocycles. The molecule has 0 unspecified atom stereocenters. The van der Waals surface area contributed by atoms with Gasteiger partial charge in [0.05, 0.1) is 6.61 Å². The maximum Gasteiger partial charge on any atom is 0.478 e. The fourth-order valence-electron chi connectivity index (χ4n) is 2.47. The van der Waals surface area contributed by atoms with Crippen LogP contribution in [0.2, 0.25) is 0 Å². The summed E-state index contributed by atoms with van der Waals surface area (Å²) in [5, 5.41) is 38.0. The number of aliphatic hydroxyl groups excluding tert-OH is 3. The lowest BCUT2D eigenvalue weighted by molar-refractivity contribution is -0.745. The lowest BCUT2D eigenvalue weighted by Gasteiger charge is -2.11. The van der Waals surface area contributed by atoms with Crippen molar-refractivity contribution in [3.63, 3.8) is 0 Å². The van der Waals surface area contributed by atoms with Crippen LogP contribution in [-0.2, 0) is 4.74 Å². The van der Waals surface area contributed by atoms with E-state index in [9.17, 15) is 19.8 Å². The Balaban J connectivity index is 2.18. The summed E-state index contributed by atoms with van der Waals surface area (Å²) in [5.74, 6) is 0. The van der Waals surface area contributed by atoms with E-state index >= 15 is 0 Å². The largest absolute Gasteiger partial charge is 0.478 e. The fourth-order valence-corrected chi connectivity index (χ4v) is 2.47. The summed E-state index contributed by atoms with van der Waals surface area (Å²) in [7, 11) is 0. The van der Waals surface area contributed by atoms with Gasteiger partial charge in [-0.2, -0.15) is 4.57 Å². The van der Waals surface area contributed by atoms with E-state index in [1.165, 1.54) is 0 Å². The Bertz CT molecular complexity index is 784. The molecule has 0 bridgehead atoms. The molecule has 11 nitrogen and oxygen atoms in total. The van der Waals surface area contributed by atoms with Crippen LogP contribution in [-0.4, -0.2) is 66.0 Å². The van der Waals surface area contributed by atoms with E-state index in [0.717, 1.165) is 17.2 Å². The molecule has 1 saturated heterocycles. The molecule has 3 heterocycles. The number of aliphatic hydroxyl groups is 3. The number of hydrogen-bond donors (Lipinski definition) is 5. The Morgan fingerprint density at radius 1 is 1.45 bits per heavy atom. The molecule has 4 atom stereocenters. The number of fused-ring (bicyclic) bond motifs is 1. The summed E-state index contributed by atoms with van der Waals surface area (Å²) in [6.07, 6.45) is -4.32. The van der Waals surface area contributed by atoms with Gasteiger partial charge in [0.25, 0.3) is 11.1 Å². The molecule has 2 aromatic rings. The molecule has 0 saturated carbocycles. The van der Waals surface area contributed by atoms with Crippen molar-refractivity contribution in [1.82, 2.24) is 14.5 Å². The van der Waals surface area contributed by atoms with Gasteiger partial charge in [0.2, 0.25) is 12.6 Å². The van der Waals surface area contributed by atoms with Crippen molar-refractivity contribution < 1.29 is 34.5 Å². The molecule has 1 aliphatic rings. The lowest BCUT2D eigenvalue weighted by Crippen LogP contribution is -2.46. The first-order valence-electron chi connectivity index (χ1n) is 6.31. The summed E-state index contributed by atoms with van der Waals surface area (Å²) in [6.45, 7) is -0.527. The van der Waals surface area contributed by atoms with Crippen LogP contribution >= 0.6 is 0 Å². The predicted molar refractivity (Wildman–Crippen MR) is 67.0 cm³/mol. The average molecular weight is 313 g/mol. The van der Waals surface area contributed by atoms with Gasteiger partial charge in [0, 0.05) is 0 Å². The van der Waals surface area contributed by atoms with Gasteiger partial charge < -0.3 is 25.2 Å². The van der Waals surface area contributed by atoms with Gasteiger partial charge in [-0.25, -0.2) is 9.36 Å². The summed E-state index contributed by atoms with van der Waals surface area (Å²) < 4.78 is 7.08. The van der Waals surface area contributed by atoms with E-state index in [1.54, 1.807) is 0 Å². The first-order chi connectivity index (χ1) is 10.5. The number of ether oxygens (including phenoxy) is 1. The van der Waals surface area contributed by atoms with E-state index in [-0.39, 0.29) is 11.2 Å². The quantitative estimate of drug-likeness (QED) is 0.370. The monoisotopic (exact) mass is 313 g/mol. The van der Waals surface area contributed by atoms with Gasteiger partial charge in [-0.1, -0.05) is 4.98 Å². The Labute approximate surface area is 121 Å². The van der Waals surface area contributed by atoms with Crippen molar-refractivity contribution in [2.75, 3.05) is 6.61 Å². The average Bonchev–Trinajstić information content (AvgIpc) is 3.00. The predicted octanol–water partition coefficient (Wildman–Crippen LogP) is -2.85. The van der Waals surface area contributed by atoms with Crippen LogP contribution in [0.1, 0.15) is 6.23 Å². The van der Waals surface area contributed by atoms with Crippen LogP contribution in [0.15, 0.2) is 17.4 Å². The molecule has 11 heteroatoms. The lowest BCUT2D eigenvalue weighted by atomic mass is 10.1. The van der Waals surface area contributed by atoms with Gasteiger partial charge >= 0.3 is 11.7 Å². The van der Waals surface area contributed by atoms with Gasteiger partial charge in [-0.05, 0) is 0 Å². The molecular formula is C11H13N4O7+. The number of H-pyrrole nitrogens is 1. The second-order valence-corrected chi connectivity index (χ2v) is 4.81. The van der Waals surface area contributed by atoms with Crippen molar-refractivity contribution in [2.45, 2.75) is 24.5 Å². The Morgan fingerprint density at radius 3 is 2.77 bits per heavy atom. The zero-order valence-corrected chi connectivity index (χ0v) is 11.0. The fraction of sp³-hybridized carbons (Fsp3) is 0.455. The minimum absolute atomic E-state index is 0.0408. The first-order valence-corrected chi connectivity index (χ1v) is 6.31. The second-order valence-electron chi connectivity index (χ2n) is 4.81. The molecule has 1 aliphatic heterocycles.